The van der Waals surface area contributed by atoms with E-state index in [-0.39, 0.29) is 6.04 Å². The van der Waals surface area contributed by atoms with Crippen molar-refractivity contribution in [1.82, 2.24) is 34.6 Å². The van der Waals surface area contributed by atoms with Gasteiger partial charge in [0.05, 0.1) is 46.0 Å². The van der Waals surface area contributed by atoms with Gasteiger partial charge in [-0.1, -0.05) is 0 Å². The number of piperidine rings is 1. The highest BCUT2D eigenvalue weighted by Gasteiger charge is 2.36. The third kappa shape index (κ3) is 6.01. The molecule has 3 aromatic heterocycles. The van der Waals surface area contributed by atoms with Crippen LogP contribution in [-0.4, -0.2) is 94.0 Å². The summed E-state index contributed by atoms with van der Waals surface area (Å²) in [6.45, 7) is 5.33. The molecule has 2 N–H and O–H groups in total. The maximum Gasteiger partial charge on any atom is 0.229 e. The first kappa shape index (κ1) is 32.4. The number of hydrogen-bond donors (Lipinski definition) is 2. The number of rotatable bonds is 7. The molecule has 12 nitrogen and oxygen atoms in total. The molecule has 0 saturated carbocycles. The highest BCUT2D eigenvalue weighted by Crippen LogP contribution is 2.45. The number of aromatic nitrogens is 6. The van der Waals surface area contributed by atoms with E-state index in [4.69, 9.17) is 9.72 Å². The molecule has 1 saturated heterocycles. The average Bonchev–Trinajstić information content (AvgIpc) is 3.34. The van der Waals surface area contributed by atoms with E-state index in [9.17, 15) is 4.57 Å². The molecule has 7 rings (SSSR count). The molecule has 5 aromatic rings. The van der Waals surface area contributed by atoms with Crippen molar-refractivity contribution >= 4 is 68.2 Å². The van der Waals surface area contributed by atoms with E-state index < -0.39 is 13.3 Å². The summed E-state index contributed by atoms with van der Waals surface area (Å²) in [7, 11) is 2.74. The second-order valence-corrected chi connectivity index (χ2v) is 16.7. The molecule has 1 fully saturated rings. The van der Waals surface area contributed by atoms with Crippen LogP contribution in [0.15, 0.2) is 53.5 Å². The largest absolute Gasteiger partial charge is 0.494 e. The third-order valence-electron chi connectivity index (χ3n) is 9.07. The highest BCUT2D eigenvalue weighted by atomic mass is 79.9. The first-order valence-corrected chi connectivity index (χ1v) is 19.1. The summed E-state index contributed by atoms with van der Waals surface area (Å²) in [6, 6.07) is 7.42. The molecule has 0 unspecified atom stereocenters. The Balaban J connectivity index is 1.27. The van der Waals surface area contributed by atoms with Gasteiger partial charge in [0.2, 0.25) is 5.95 Å². The zero-order valence-corrected chi connectivity index (χ0v) is 29.9. The SMILES string of the molecule is COc1cc2c(cc1Nc1ncc(Br)c(Nc3ccc4nccnc4c3P(C)(C)=O)n1)-c1cnn(C)c1CCN2[C@H]1CCN(C)C[C@H]1F. The maximum absolute atomic E-state index is 15.6. The van der Waals surface area contributed by atoms with E-state index in [2.05, 4.69) is 51.5 Å². The van der Waals surface area contributed by atoms with Crippen LogP contribution in [0.3, 0.4) is 0 Å². The quantitative estimate of drug-likeness (QED) is 0.199. The molecule has 48 heavy (non-hydrogen) atoms. The molecule has 0 aliphatic carbocycles. The third-order valence-corrected chi connectivity index (χ3v) is 11.2. The monoisotopic (exact) mass is 734 g/mol. The molecule has 250 valence electrons. The molecular formula is C33H37BrFN10O2P. The number of likely N-dealkylation sites (tertiary alicyclic amines) is 1. The van der Waals surface area contributed by atoms with Gasteiger partial charge in [0, 0.05) is 80.3 Å². The van der Waals surface area contributed by atoms with Crippen molar-refractivity contribution in [2.24, 2.45) is 7.05 Å². The number of anilines is 5. The first-order valence-electron chi connectivity index (χ1n) is 15.7. The van der Waals surface area contributed by atoms with Crippen molar-refractivity contribution in [3.8, 4) is 16.9 Å². The van der Waals surface area contributed by atoms with Gasteiger partial charge in [-0.15, -0.1) is 0 Å². The van der Waals surface area contributed by atoms with Crippen molar-refractivity contribution < 1.29 is 13.7 Å². The van der Waals surface area contributed by atoms with Gasteiger partial charge in [0.1, 0.15) is 30.4 Å². The second kappa shape index (κ2) is 12.7. The minimum absolute atomic E-state index is 0.248. The zero-order valence-electron chi connectivity index (χ0n) is 27.4. The molecule has 2 aliphatic rings. The predicted octanol–water partition coefficient (Wildman–Crippen LogP) is 5.73. The Morgan fingerprint density at radius 2 is 1.83 bits per heavy atom. The van der Waals surface area contributed by atoms with Gasteiger partial charge in [0.15, 0.2) is 0 Å². The number of fused-ring (bicyclic) bond motifs is 4. The number of hydrogen-bond acceptors (Lipinski definition) is 11. The van der Waals surface area contributed by atoms with E-state index in [0.717, 1.165) is 41.9 Å². The van der Waals surface area contributed by atoms with Crippen LogP contribution in [0.25, 0.3) is 22.2 Å². The average molecular weight is 736 g/mol. The van der Waals surface area contributed by atoms with Gasteiger partial charge in [-0.25, -0.2) is 9.37 Å². The van der Waals surface area contributed by atoms with Crippen LogP contribution in [0.1, 0.15) is 12.1 Å². The van der Waals surface area contributed by atoms with Crippen LogP contribution in [0.2, 0.25) is 0 Å². The van der Waals surface area contributed by atoms with Crippen molar-refractivity contribution in [1.29, 1.82) is 0 Å². The zero-order chi connectivity index (χ0) is 33.7. The second-order valence-electron chi connectivity index (χ2n) is 12.7. The molecule has 0 spiro atoms. The fourth-order valence-corrected chi connectivity index (χ4v) is 8.47. The van der Waals surface area contributed by atoms with Gasteiger partial charge < -0.3 is 29.7 Å². The smallest absolute Gasteiger partial charge is 0.229 e. The Labute approximate surface area is 286 Å². The van der Waals surface area contributed by atoms with Crippen molar-refractivity contribution in [3.63, 3.8) is 0 Å². The lowest BCUT2D eigenvalue weighted by Crippen LogP contribution is -2.52. The lowest BCUT2D eigenvalue weighted by molar-refractivity contribution is 0.136. The molecule has 0 radical (unpaired) electrons. The minimum Gasteiger partial charge on any atom is -0.494 e. The number of alkyl halides is 1. The molecule has 0 bridgehead atoms. The number of nitrogens with zero attached hydrogens (tertiary/aromatic N) is 8. The molecule has 2 aromatic carbocycles. The number of benzene rings is 2. The normalized spacial score (nSPS) is 18.3. The fraction of sp³-hybridized carbons (Fsp3) is 0.364. The number of aryl methyl sites for hydroxylation is 1. The van der Waals surface area contributed by atoms with Crippen molar-refractivity contribution in [2.75, 3.05) is 62.7 Å². The summed E-state index contributed by atoms with van der Waals surface area (Å²) < 4.78 is 37.5. The Morgan fingerprint density at radius 1 is 1.02 bits per heavy atom. The van der Waals surface area contributed by atoms with Gasteiger partial charge in [0.25, 0.3) is 0 Å². The summed E-state index contributed by atoms with van der Waals surface area (Å²) in [4.78, 5) is 22.5. The van der Waals surface area contributed by atoms with Crippen LogP contribution < -0.4 is 25.6 Å². The molecule has 0 amide bonds. The number of halogens is 2. The van der Waals surface area contributed by atoms with Crippen LogP contribution in [0.4, 0.5) is 33.2 Å². The molecule has 5 heterocycles. The van der Waals surface area contributed by atoms with E-state index >= 15 is 4.39 Å². The number of nitrogens with one attached hydrogen (secondary N) is 2. The van der Waals surface area contributed by atoms with Gasteiger partial charge >= 0.3 is 0 Å². The van der Waals surface area contributed by atoms with Crippen molar-refractivity contribution in [3.05, 3.63) is 59.2 Å². The predicted molar refractivity (Wildman–Crippen MR) is 192 cm³/mol. The Morgan fingerprint density at radius 3 is 2.60 bits per heavy atom. The summed E-state index contributed by atoms with van der Waals surface area (Å²) in [5.74, 6) is 1.35. The fourth-order valence-electron chi connectivity index (χ4n) is 6.79. The molecule has 15 heteroatoms. The van der Waals surface area contributed by atoms with E-state index in [1.54, 1.807) is 39.0 Å². The summed E-state index contributed by atoms with van der Waals surface area (Å²) >= 11 is 3.57. The van der Waals surface area contributed by atoms with Crippen LogP contribution in [0.5, 0.6) is 5.75 Å². The summed E-state index contributed by atoms with van der Waals surface area (Å²) in [5.41, 5.74) is 6.44. The standard InChI is InChI=1S/C33H37BrFN10O2P/c1-43-12-8-27(22(35)18-43)45-13-9-26-20(16-39-44(26)2)19-14-25(29(47-3)15-28(19)45)41-33-38-17-21(34)32(42-33)40-24-7-6-23-30(37-11-10-36-23)31(24)48(4,5)46/h6-7,10-11,14-17,22,27H,8-9,12-13,18H2,1-5H3,(H2,38,40,41,42)/t22-,27+/m1/s1. The topological polar surface area (TPSA) is 126 Å². The lowest BCUT2D eigenvalue weighted by atomic mass is 9.98. The number of ether oxygens (including phenoxy) is 1. The van der Waals surface area contributed by atoms with Crippen LogP contribution in [0, 0.1) is 0 Å². The summed E-state index contributed by atoms with van der Waals surface area (Å²) in [6.07, 6.45) is 7.22. The Hall–Kier alpha value is -4.13. The minimum atomic E-state index is -2.79. The van der Waals surface area contributed by atoms with Crippen molar-refractivity contribution in [2.45, 2.75) is 25.1 Å². The van der Waals surface area contributed by atoms with Crippen LogP contribution in [-0.2, 0) is 18.0 Å². The highest BCUT2D eigenvalue weighted by molar-refractivity contribution is 9.10. The van der Waals surface area contributed by atoms with E-state index in [0.29, 0.717) is 62.8 Å². The lowest BCUT2D eigenvalue weighted by Gasteiger charge is -2.41. The summed E-state index contributed by atoms with van der Waals surface area (Å²) in [5, 5.41) is 11.9. The van der Waals surface area contributed by atoms with E-state index in [1.807, 2.05) is 54.1 Å². The van der Waals surface area contributed by atoms with Crippen LogP contribution >= 0.6 is 23.1 Å². The molecule has 2 aliphatic heterocycles. The Bertz CT molecular complexity index is 2070. The molecular weight excluding hydrogens is 698 g/mol. The van der Waals surface area contributed by atoms with Gasteiger partial charge in [-0.3, -0.25) is 14.6 Å². The Kier molecular flexibility index (Phi) is 8.59. The van der Waals surface area contributed by atoms with Gasteiger partial charge in [-0.05, 0) is 60.9 Å². The van der Waals surface area contributed by atoms with E-state index in [1.165, 1.54) is 0 Å². The first-order chi connectivity index (χ1) is 23.0. The van der Waals surface area contributed by atoms with Gasteiger partial charge in [-0.2, -0.15) is 10.1 Å². The number of methoxy groups -OCH3 is 1. The maximum atomic E-state index is 15.6. The molecule has 2 atom stereocenters.